The molecule has 0 amide bonds. The summed E-state index contributed by atoms with van der Waals surface area (Å²) < 4.78 is 0. The molecule has 0 spiro atoms. The van der Waals surface area contributed by atoms with Crippen LogP contribution in [0.4, 0.5) is 22.7 Å². The van der Waals surface area contributed by atoms with Gasteiger partial charge in [0.05, 0.1) is 23.8 Å². The standard InChI is InChI=1S/C12H16N4O2/c13-9-3-4-10(14-5-1-2-6-14)12-11(9)15(17)7-8-16(12)18/h3-4,7-8,17-18H,1-2,5-6,13H2. The maximum Gasteiger partial charge on any atom is 0.120 e. The summed E-state index contributed by atoms with van der Waals surface area (Å²) in [7, 11) is 0. The zero-order chi connectivity index (χ0) is 12.7. The quantitative estimate of drug-likeness (QED) is 0.657. The van der Waals surface area contributed by atoms with E-state index in [9.17, 15) is 10.4 Å². The smallest absolute Gasteiger partial charge is 0.120 e. The molecule has 2 heterocycles. The van der Waals surface area contributed by atoms with Gasteiger partial charge in [-0.2, -0.15) is 0 Å². The molecule has 0 atom stereocenters. The van der Waals surface area contributed by atoms with Crippen molar-refractivity contribution in [2.75, 3.05) is 33.8 Å². The van der Waals surface area contributed by atoms with Crippen LogP contribution in [0.25, 0.3) is 0 Å². The minimum atomic E-state index is 0.421. The lowest BCUT2D eigenvalue weighted by Gasteiger charge is -2.31. The van der Waals surface area contributed by atoms with Crippen LogP contribution in [0.3, 0.4) is 0 Å². The van der Waals surface area contributed by atoms with Crippen LogP contribution < -0.4 is 20.8 Å². The van der Waals surface area contributed by atoms with Crippen LogP contribution in [-0.4, -0.2) is 23.5 Å². The average molecular weight is 248 g/mol. The number of fused-ring (bicyclic) bond motifs is 1. The molecule has 1 fully saturated rings. The molecule has 96 valence electrons. The predicted molar refractivity (Wildman–Crippen MR) is 70.0 cm³/mol. The van der Waals surface area contributed by atoms with E-state index in [1.54, 1.807) is 6.07 Å². The third kappa shape index (κ3) is 1.58. The van der Waals surface area contributed by atoms with Gasteiger partial charge in [-0.05, 0) is 25.0 Å². The maximum atomic E-state index is 9.97. The first-order valence-electron chi connectivity index (χ1n) is 6.00. The van der Waals surface area contributed by atoms with Crippen molar-refractivity contribution in [2.24, 2.45) is 0 Å². The van der Waals surface area contributed by atoms with Crippen LogP contribution >= 0.6 is 0 Å². The molecule has 1 aromatic rings. The monoisotopic (exact) mass is 248 g/mol. The van der Waals surface area contributed by atoms with Crippen LogP contribution in [0.1, 0.15) is 12.8 Å². The number of hydrogen-bond acceptors (Lipinski definition) is 6. The Labute approximate surface area is 105 Å². The molecule has 2 aliphatic heterocycles. The van der Waals surface area contributed by atoms with E-state index in [4.69, 9.17) is 5.73 Å². The SMILES string of the molecule is Nc1ccc(N2CCCC2)c2c1N(O)C=CN2O. The Morgan fingerprint density at radius 3 is 2.22 bits per heavy atom. The summed E-state index contributed by atoms with van der Waals surface area (Å²) >= 11 is 0. The highest BCUT2D eigenvalue weighted by atomic mass is 16.5. The molecule has 18 heavy (non-hydrogen) atoms. The molecule has 0 saturated carbocycles. The summed E-state index contributed by atoms with van der Waals surface area (Å²) in [6.07, 6.45) is 5.03. The number of benzene rings is 1. The summed E-state index contributed by atoms with van der Waals surface area (Å²) in [5.74, 6) is 0. The van der Waals surface area contributed by atoms with Gasteiger partial charge < -0.3 is 10.6 Å². The summed E-state index contributed by atoms with van der Waals surface area (Å²) in [5.41, 5.74) is 8.14. The van der Waals surface area contributed by atoms with Crippen molar-refractivity contribution in [1.29, 1.82) is 0 Å². The Morgan fingerprint density at radius 2 is 1.56 bits per heavy atom. The first kappa shape index (κ1) is 11.2. The first-order valence-corrected chi connectivity index (χ1v) is 6.00. The van der Waals surface area contributed by atoms with Gasteiger partial charge in [-0.15, -0.1) is 0 Å². The van der Waals surface area contributed by atoms with Gasteiger partial charge in [-0.25, -0.2) is 10.1 Å². The highest BCUT2D eigenvalue weighted by Gasteiger charge is 2.26. The molecule has 1 saturated heterocycles. The molecule has 0 bridgehead atoms. The van der Waals surface area contributed by atoms with Crippen LogP contribution in [0, 0.1) is 0 Å². The molecule has 6 heteroatoms. The Hall–Kier alpha value is -1.92. The summed E-state index contributed by atoms with van der Waals surface area (Å²) in [4.78, 5) is 2.19. The van der Waals surface area contributed by atoms with Gasteiger partial charge in [0.2, 0.25) is 0 Å². The second kappa shape index (κ2) is 4.08. The third-order valence-corrected chi connectivity index (χ3v) is 3.42. The lowest BCUT2D eigenvalue weighted by molar-refractivity contribution is 0.267. The van der Waals surface area contributed by atoms with Gasteiger partial charge in [-0.1, -0.05) is 0 Å². The Morgan fingerprint density at radius 1 is 0.944 bits per heavy atom. The average Bonchev–Trinajstić information content (AvgIpc) is 2.87. The molecule has 0 aliphatic carbocycles. The number of anilines is 4. The van der Waals surface area contributed by atoms with Crippen LogP contribution in [0.2, 0.25) is 0 Å². The molecule has 3 rings (SSSR count). The van der Waals surface area contributed by atoms with E-state index in [0.717, 1.165) is 41.7 Å². The molecule has 0 radical (unpaired) electrons. The van der Waals surface area contributed by atoms with E-state index in [-0.39, 0.29) is 0 Å². The molecular formula is C12H16N4O2. The molecule has 0 unspecified atom stereocenters. The van der Waals surface area contributed by atoms with Crippen molar-refractivity contribution in [1.82, 2.24) is 0 Å². The van der Waals surface area contributed by atoms with Gasteiger partial charge in [0.15, 0.2) is 0 Å². The predicted octanol–water partition coefficient (Wildman–Crippen LogP) is 1.75. The topological polar surface area (TPSA) is 76.2 Å². The molecular weight excluding hydrogens is 232 g/mol. The van der Waals surface area contributed by atoms with Gasteiger partial charge in [-0.3, -0.25) is 10.4 Å². The summed E-state index contributed by atoms with van der Waals surface area (Å²) in [6, 6.07) is 3.64. The van der Waals surface area contributed by atoms with E-state index < -0.39 is 0 Å². The van der Waals surface area contributed by atoms with Gasteiger partial charge in [0.25, 0.3) is 0 Å². The molecule has 2 aliphatic rings. The van der Waals surface area contributed by atoms with Crippen molar-refractivity contribution in [3.8, 4) is 0 Å². The van der Waals surface area contributed by atoms with Crippen molar-refractivity contribution in [2.45, 2.75) is 12.8 Å². The minimum Gasteiger partial charge on any atom is -0.397 e. The minimum absolute atomic E-state index is 0.421. The highest BCUT2D eigenvalue weighted by Crippen LogP contribution is 2.44. The van der Waals surface area contributed by atoms with Crippen LogP contribution in [0.15, 0.2) is 24.5 Å². The number of nitrogens with two attached hydrogens (primary N) is 1. The fourth-order valence-corrected chi connectivity index (χ4v) is 2.54. The largest absolute Gasteiger partial charge is 0.397 e. The first-order chi connectivity index (χ1) is 8.68. The zero-order valence-electron chi connectivity index (χ0n) is 9.95. The second-order valence-electron chi connectivity index (χ2n) is 4.55. The Balaban J connectivity index is 2.14. The van der Waals surface area contributed by atoms with Crippen molar-refractivity contribution in [3.05, 3.63) is 24.5 Å². The lowest BCUT2D eigenvalue weighted by Crippen LogP contribution is -2.28. The van der Waals surface area contributed by atoms with E-state index in [1.165, 1.54) is 12.4 Å². The Bertz CT molecular complexity index is 497. The highest BCUT2D eigenvalue weighted by molar-refractivity contribution is 5.93. The second-order valence-corrected chi connectivity index (χ2v) is 4.55. The fourth-order valence-electron chi connectivity index (χ4n) is 2.54. The van der Waals surface area contributed by atoms with Crippen LogP contribution in [0.5, 0.6) is 0 Å². The number of rotatable bonds is 1. The normalized spacial score (nSPS) is 18.4. The van der Waals surface area contributed by atoms with E-state index in [0.29, 0.717) is 17.1 Å². The lowest BCUT2D eigenvalue weighted by atomic mass is 10.1. The van der Waals surface area contributed by atoms with Crippen LogP contribution in [-0.2, 0) is 0 Å². The maximum absolute atomic E-state index is 9.97. The van der Waals surface area contributed by atoms with Gasteiger partial charge >= 0.3 is 0 Å². The number of nitrogens with zero attached hydrogens (tertiary/aromatic N) is 3. The summed E-state index contributed by atoms with van der Waals surface area (Å²) in [6.45, 7) is 1.92. The number of hydroxylamine groups is 2. The third-order valence-electron chi connectivity index (χ3n) is 3.42. The Kier molecular flexibility index (Phi) is 2.53. The van der Waals surface area contributed by atoms with Crippen molar-refractivity contribution >= 4 is 22.7 Å². The van der Waals surface area contributed by atoms with E-state index in [1.807, 2.05) is 6.07 Å². The van der Waals surface area contributed by atoms with Crippen molar-refractivity contribution < 1.29 is 10.4 Å². The van der Waals surface area contributed by atoms with Crippen molar-refractivity contribution in [3.63, 3.8) is 0 Å². The number of nitrogen functional groups attached to an aromatic ring is 1. The fraction of sp³-hybridized carbons (Fsp3) is 0.333. The summed E-state index contributed by atoms with van der Waals surface area (Å²) in [5, 5.41) is 21.8. The van der Waals surface area contributed by atoms with Gasteiger partial charge in [0, 0.05) is 13.1 Å². The number of hydrogen-bond donors (Lipinski definition) is 3. The molecule has 1 aromatic carbocycles. The van der Waals surface area contributed by atoms with E-state index in [2.05, 4.69) is 4.90 Å². The molecule has 0 aromatic heterocycles. The van der Waals surface area contributed by atoms with Gasteiger partial charge in [0.1, 0.15) is 11.4 Å². The zero-order valence-corrected chi connectivity index (χ0v) is 9.95. The molecule has 6 nitrogen and oxygen atoms in total. The van der Waals surface area contributed by atoms with E-state index >= 15 is 0 Å². The molecule has 4 N–H and O–H groups in total.